The smallest absolute Gasteiger partial charge is 0.236 e. The van der Waals surface area contributed by atoms with Crippen LogP contribution < -0.4 is 5.32 Å². The van der Waals surface area contributed by atoms with Crippen LogP contribution >= 0.6 is 39.9 Å². The lowest BCUT2D eigenvalue weighted by molar-refractivity contribution is -0.132. The standard InChI is InChI=1S/C14H19BrClN3O.ClH/c1-18(9-11-2-3-12(15)13(16)8-11)10-14(20)19-6-4-17-5-7-19;/h2-3,8,17H,4-7,9-10H2,1H3;1H. The topological polar surface area (TPSA) is 35.6 Å². The third-order valence-electron chi connectivity index (χ3n) is 3.31. The molecule has 21 heavy (non-hydrogen) atoms. The molecule has 1 saturated heterocycles. The number of amides is 1. The van der Waals surface area contributed by atoms with Gasteiger partial charge in [0.15, 0.2) is 0 Å². The summed E-state index contributed by atoms with van der Waals surface area (Å²) in [5.41, 5.74) is 1.11. The zero-order chi connectivity index (χ0) is 14.5. The number of nitrogens with zero attached hydrogens (tertiary/aromatic N) is 2. The summed E-state index contributed by atoms with van der Waals surface area (Å²) in [5.74, 6) is 0.192. The molecule has 4 nitrogen and oxygen atoms in total. The van der Waals surface area contributed by atoms with E-state index in [9.17, 15) is 4.79 Å². The molecule has 0 unspecified atom stereocenters. The quantitative estimate of drug-likeness (QED) is 0.848. The summed E-state index contributed by atoms with van der Waals surface area (Å²) >= 11 is 9.45. The first-order valence-electron chi connectivity index (χ1n) is 6.67. The van der Waals surface area contributed by atoms with E-state index in [-0.39, 0.29) is 18.3 Å². The van der Waals surface area contributed by atoms with Crippen molar-refractivity contribution in [2.45, 2.75) is 6.54 Å². The maximum absolute atomic E-state index is 12.1. The zero-order valence-corrected chi connectivity index (χ0v) is 15.1. The highest BCUT2D eigenvalue weighted by Gasteiger charge is 2.17. The zero-order valence-electron chi connectivity index (χ0n) is 11.9. The predicted molar refractivity (Wildman–Crippen MR) is 92.2 cm³/mol. The molecule has 1 aliphatic heterocycles. The number of hydrogen-bond donors (Lipinski definition) is 1. The van der Waals surface area contributed by atoms with Crippen LogP contribution in [0.5, 0.6) is 0 Å². The first-order valence-corrected chi connectivity index (χ1v) is 7.84. The fourth-order valence-electron chi connectivity index (χ4n) is 2.25. The van der Waals surface area contributed by atoms with Gasteiger partial charge in [0.2, 0.25) is 5.91 Å². The van der Waals surface area contributed by atoms with Crippen LogP contribution in [0.4, 0.5) is 0 Å². The molecule has 1 N–H and O–H groups in total. The molecule has 0 radical (unpaired) electrons. The lowest BCUT2D eigenvalue weighted by atomic mass is 10.2. The molecule has 0 aliphatic carbocycles. The largest absolute Gasteiger partial charge is 0.339 e. The summed E-state index contributed by atoms with van der Waals surface area (Å²) in [6.07, 6.45) is 0. The summed E-state index contributed by atoms with van der Waals surface area (Å²) in [6, 6.07) is 5.88. The maximum atomic E-state index is 12.1. The highest BCUT2D eigenvalue weighted by atomic mass is 79.9. The van der Waals surface area contributed by atoms with Gasteiger partial charge in [0, 0.05) is 37.2 Å². The van der Waals surface area contributed by atoms with E-state index >= 15 is 0 Å². The van der Waals surface area contributed by atoms with Crippen LogP contribution in [-0.4, -0.2) is 55.5 Å². The van der Waals surface area contributed by atoms with Gasteiger partial charge in [-0.3, -0.25) is 9.69 Å². The van der Waals surface area contributed by atoms with Crippen molar-refractivity contribution in [3.8, 4) is 0 Å². The molecular weight excluding hydrogens is 377 g/mol. The Labute approximate surface area is 145 Å². The fourth-order valence-corrected chi connectivity index (χ4v) is 2.70. The number of rotatable bonds is 4. The van der Waals surface area contributed by atoms with Gasteiger partial charge in [-0.1, -0.05) is 17.7 Å². The number of likely N-dealkylation sites (N-methyl/N-ethyl adjacent to an activating group) is 1. The van der Waals surface area contributed by atoms with E-state index < -0.39 is 0 Å². The van der Waals surface area contributed by atoms with Crippen LogP contribution in [0.3, 0.4) is 0 Å². The highest BCUT2D eigenvalue weighted by molar-refractivity contribution is 9.10. The van der Waals surface area contributed by atoms with Crippen molar-refractivity contribution < 1.29 is 4.79 Å². The van der Waals surface area contributed by atoms with Crippen LogP contribution in [0.1, 0.15) is 5.56 Å². The normalized spacial score (nSPS) is 15.0. The second-order valence-corrected chi connectivity index (χ2v) is 6.31. The number of carbonyl (C=O) groups is 1. The molecule has 118 valence electrons. The van der Waals surface area contributed by atoms with E-state index in [1.54, 1.807) is 0 Å². The first kappa shape index (κ1) is 18.7. The molecule has 0 saturated carbocycles. The van der Waals surface area contributed by atoms with Crippen molar-refractivity contribution in [1.82, 2.24) is 15.1 Å². The van der Waals surface area contributed by atoms with Crippen LogP contribution in [-0.2, 0) is 11.3 Å². The van der Waals surface area contributed by atoms with Gasteiger partial charge in [0.05, 0.1) is 11.6 Å². The van der Waals surface area contributed by atoms with Crippen molar-refractivity contribution in [3.05, 3.63) is 33.3 Å². The molecule has 1 heterocycles. The minimum absolute atomic E-state index is 0. The Bertz CT molecular complexity index is 481. The summed E-state index contributed by atoms with van der Waals surface area (Å²) in [5, 5.41) is 3.95. The van der Waals surface area contributed by atoms with Gasteiger partial charge in [0.25, 0.3) is 0 Å². The van der Waals surface area contributed by atoms with E-state index in [0.717, 1.165) is 36.2 Å². The number of piperazine rings is 1. The van der Waals surface area contributed by atoms with Gasteiger partial charge in [0.1, 0.15) is 0 Å². The van der Waals surface area contributed by atoms with Crippen molar-refractivity contribution >= 4 is 45.8 Å². The van der Waals surface area contributed by atoms with E-state index in [1.807, 2.05) is 35.0 Å². The molecule has 1 aliphatic rings. The Kier molecular flexibility index (Phi) is 7.98. The van der Waals surface area contributed by atoms with Crippen LogP contribution in [0.2, 0.25) is 5.02 Å². The Hall–Kier alpha value is -0.330. The Morgan fingerprint density at radius 3 is 2.71 bits per heavy atom. The first-order chi connectivity index (χ1) is 9.56. The van der Waals surface area contributed by atoms with Gasteiger partial charge in [-0.2, -0.15) is 0 Å². The van der Waals surface area contributed by atoms with Gasteiger partial charge in [-0.25, -0.2) is 0 Å². The second kappa shape index (κ2) is 8.96. The van der Waals surface area contributed by atoms with Crippen LogP contribution in [0.15, 0.2) is 22.7 Å². The molecule has 1 amide bonds. The van der Waals surface area contributed by atoms with Crippen molar-refractivity contribution in [1.29, 1.82) is 0 Å². The van der Waals surface area contributed by atoms with Crippen LogP contribution in [0, 0.1) is 0 Å². The molecular formula is C14H20BrCl2N3O. The predicted octanol–water partition coefficient (Wildman–Crippen LogP) is 2.39. The SMILES string of the molecule is CN(CC(=O)N1CCNCC1)Cc1ccc(Br)c(Cl)c1.Cl. The Balaban J connectivity index is 0.00000220. The number of nitrogens with one attached hydrogen (secondary N) is 1. The Morgan fingerprint density at radius 1 is 1.43 bits per heavy atom. The average Bonchev–Trinajstić information content (AvgIpc) is 2.44. The molecule has 7 heteroatoms. The Morgan fingerprint density at radius 2 is 2.10 bits per heavy atom. The number of benzene rings is 1. The molecule has 1 aromatic carbocycles. The van der Waals surface area contributed by atoms with Gasteiger partial charge >= 0.3 is 0 Å². The minimum atomic E-state index is 0. The lowest BCUT2D eigenvalue weighted by Crippen LogP contribution is -2.49. The maximum Gasteiger partial charge on any atom is 0.236 e. The summed E-state index contributed by atoms with van der Waals surface area (Å²) in [6.45, 7) is 4.53. The van der Waals surface area contributed by atoms with E-state index in [2.05, 4.69) is 21.2 Å². The van der Waals surface area contributed by atoms with Gasteiger partial charge in [-0.05, 0) is 40.7 Å². The van der Waals surface area contributed by atoms with Crippen LogP contribution in [0.25, 0.3) is 0 Å². The molecule has 0 spiro atoms. The molecule has 1 aromatic rings. The van der Waals surface area contributed by atoms with Crippen molar-refractivity contribution in [2.75, 3.05) is 39.8 Å². The van der Waals surface area contributed by atoms with Gasteiger partial charge < -0.3 is 10.2 Å². The lowest BCUT2D eigenvalue weighted by Gasteiger charge is -2.29. The van der Waals surface area contributed by atoms with Crippen molar-refractivity contribution in [2.24, 2.45) is 0 Å². The van der Waals surface area contributed by atoms with E-state index in [1.165, 1.54) is 0 Å². The average molecular weight is 397 g/mol. The molecule has 0 bridgehead atoms. The van der Waals surface area contributed by atoms with Crippen molar-refractivity contribution in [3.63, 3.8) is 0 Å². The summed E-state index contributed by atoms with van der Waals surface area (Å²) in [4.78, 5) is 16.1. The monoisotopic (exact) mass is 395 g/mol. The molecule has 0 aromatic heterocycles. The number of halogens is 3. The van der Waals surface area contributed by atoms with Gasteiger partial charge in [-0.15, -0.1) is 12.4 Å². The third kappa shape index (κ3) is 5.75. The summed E-state index contributed by atoms with van der Waals surface area (Å²) < 4.78 is 0.891. The fraction of sp³-hybridized carbons (Fsp3) is 0.500. The molecule has 1 fully saturated rings. The second-order valence-electron chi connectivity index (χ2n) is 5.05. The number of hydrogen-bond acceptors (Lipinski definition) is 3. The number of carbonyl (C=O) groups excluding carboxylic acids is 1. The summed E-state index contributed by atoms with van der Waals surface area (Å²) in [7, 11) is 1.95. The van der Waals surface area contributed by atoms with E-state index in [0.29, 0.717) is 18.1 Å². The third-order valence-corrected chi connectivity index (χ3v) is 4.54. The molecule has 2 rings (SSSR count). The minimum Gasteiger partial charge on any atom is -0.339 e. The molecule has 0 atom stereocenters. The highest BCUT2D eigenvalue weighted by Crippen LogP contribution is 2.23. The van der Waals surface area contributed by atoms with E-state index in [4.69, 9.17) is 11.6 Å².